The van der Waals surface area contributed by atoms with Gasteiger partial charge in [0.2, 0.25) is 11.2 Å². The molecule has 2 heterocycles. The average molecular weight is 239 g/mol. The summed E-state index contributed by atoms with van der Waals surface area (Å²) in [4.78, 5) is 15.1. The third-order valence-electron chi connectivity index (χ3n) is 2.81. The summed E-state index contributed by atoms with van der Waals surface area (Å²) in [7, 11) is 0. The van der Waals surface area contributed by atoms with Crippen LogP contribution < -0.4 is 4.74 Å². The van der Waals surface area contributed by atoms with E-state index in [4.69, 9.17) is 16.3 Å². The number of hydrogen-bond donors (Lipinski definition) is 1. The van der Waals surface area contributed by atoms with Gasteiger partial charge in [-0.25, -0.2) is 4.98 Å². The van der Waals surface area contributed by atoms with E-state index in [0.717, 1.165) is 18.4 Å². The van der Waals surface area contributed by atoms with E-state index in [-0.39, 0.29) is 11.4 Å². The Kier molecular flexibility index (Phi) is 2.40. The molecule has 5 nitrogen and oxygen atoms in total. The van der Waals surface area contributed by atoms with Crippen molar-refractivity contribution in [1.82, 2.24) is 19.9 Å². The molecule has 84 valence electrons. The van der Waals surface area contributed by atoms with Gasteiger partial charge in [-0.15, -0.1) is 0 Å². The first kappa shape index (κ1) is 9.84. The first-order valence-corrected chi connectivity index (χ1v) is 5.74. The van der Waals surface area contributed by atoms with E-state index in [2.05, 4.69) is 19.9 Å². The quantitative estimate of drug-likeness (QED) is 0.816. The summed E-state index contributed by atoms with van der Waals surface area (Å²) in [5.74, 6) is 0.513. The van der Waals surface area contributed by atoms with Crippen LogP contribution in [0.3, 0.4) is 0 Å². The maximum Gasteiger partial charge on any atom is 0.244 e. The highest BCUT2D eigenvalue weighted by Gasteiger charge is 2.19. The predicted octanol–water partition coefficient (Wildman–Crippen LogP) is 2.33. The molecule has 1 aliphatic carbocycles. The minimum absolute atomic E-state index is 0.174. The number of imidazole rings is 1. The van der Waals surface area contributed by atoms with Gasteiger partial charge in [-0.05, 0) is 37.3 Å². The molecule has 0 saturated heterocycles. The Hall–Kier alpha value is -1.36. The van der Waals surface area contributed by atoms with Crippen molar-refractivity contribution in [2.45, 2.75) is 31.8 Å². The Morgan fingerprint density at radius 3 is 2.94 bits per heavy atom. The topological polar surface area (TPSA) is 63.7 Å². The van der Waals surface area contributed by atoms with E-state index in [1.807, 2.05) is 0 Å². The standard InChI is InChI=1S/C10H11ClN4O/c11-10-14-8-7(12-5-13-8)9(15-10)16-6-3-1-2-4-6/h5-6H,1-4H2,(H,12,13,14,15). The summed E-state index contributed by atoms with van der Waals surface area (Å²) in [6, 6.07) is 0. The zero-order valence-corrected chi connectivity index (χ0v) is 9.37. The van der Waals surface area contributed by atoms with E-state index in [9.17, 15) is 0 Å². The molecule has 16 heavy (non-hydrogen) atoms. The van der Waals surface area contributed by atoms with Crippen LogP contribution in [0.2, 0.25) is 5.28 Å². The molecule has 0 radical (unpaired) electrons. The van der Waals surface area contributed by atoms with Crippen LogP contribution >= 0.6 is 11.6 Å². The predicted molar refractivity (Wildman–Crippen MR) is 59.6 cm³/mol. The number of nitrogens with one attached hydrogen (secondary N) is 1. The van der Waals surface area contributed by atoms with Crippen LogP contribution in [0, 0.1) is 0 Å². The normalized spacial score (nSPS) is 17.1. The third kappa shape index (κ3) is 1.71. The van der Waals surface area contributed by atoms with Crippen LogP contribution in [0.25, 0.3) is 11.2 Å². The summed E-state index contributed by atoms with van der Waals surface area (Å²) in [6.45, 7) is 0. The molecule has 0 unspecified atom stereocenters. The monoisotopic (exact) mass is 238 g/mol. The van der Waals surface area contributed by atoms with Gasteiger partial charge in [0.25, 0.3) is 0 Å². The molecule has 1 saturated carbocycles. The van der Waals surface area contributed by atoms with Gasteiger partial charge < -0.3 is 9.72 Å². The Bertz CT molecular complexity index is 506. The smallest absolute Gasteiger partial charge is 0.244 e. The number of H-pyrrole nitrogens is 1. The highest BCUT2D eigenvalue weighted by molar-refractivity contribution is 6.28. The van der Waals surface area contributed by atoms with Gasteiger partial charge in [0.15, 0.2) is 5.65 Å². The molecule has 0 atom stereocenters. The van der Waals surface area contributed by atoms with E-state index in [1.54, 1.807) is 6.33 Å². The molecule has 0 bridgehead atoms. The Morgan fingerprint density at radius 2 is 2.12 bits per heavy atom. The Labute approximate surface area is 97.2 Å². The zero-order chi connectivity index (χ0) is 11.0. The average Bonchev–Trinajstić information content (AvgIpc) is 2.87. The molecule has 3 rings (SSSR count). The number of rotatable bonds is 2. The van der Waals surface area contributed by atoms with E-state index in [0.29, 0.717) is 11.5 Å². The van der Waals surface area contributed by atoms with Crippen LogP contribution in [0.5, 0.6) is 5.88 Å². The second kappa shape index (κ2) is 3.90. The largest absolute Gasteiger partial charge is 0.473 e. The number of nitrogens with zero attached hydrogens (tertiary/aromatic N) is 3. The van der Waals surface area contributed by atoms with Gasteiger partial charge in [-0.3, -0.25) is 0 Å². The van der Waals surface area contributed by atoms with Crippen LogP contribution in [-0.4, -0.2) is 26.0 Å². The van der Waals surface area contributed by atoms with Crippen LogP contribution in [0.4, 0.5) is 0 Å². The Balaban J connectivity index is 1.97. The summed E-state index contributed by atoms with van der Waals surface area (Å²) in [5, 5.41) is 0.174. The van der Waals surface area contributed by atoms with Gasteiger partial charge in [-0.1, -0.05) is 0 Å². The van der Waals surface area contributed by atoms with Gasteiger partial charge in [0.05, 0.1) is 6.33 Å². The van der Waals surface area contributed by atoms with Crippen molar-refractivity contribution in [2.75, 3.05) is 0 Å². The number of hydrogen-bond acceptors (Lipinski definition) is 4. The fourth-order valence-electron chi connectivity index (χ4n) is 2.03. The summed E-state index contributed by atoms with van der Waals surface area (Å²) in [5.41, 5.74) is 1.27. The Morgan fingerprint density at radius 1 is 1.31 bits per heavy atom. The number of halogens is 1. The second-order valence-corrected chi connectivity index (χ2v) is 4.26. The molecular formula is C10H11ClN4O. The number of aromatic nitrogens is 4. The van der Waals surface area contributed by atoms with E-state index >= 15 is 0 Å². The fraction of sp³-hybridized carbons (Fsp3) is 0.500. The van der Waals surface area contributed by atoms with Crippen molar-refractivity contribution in [3.05, 3.63) is 11.6 Å². The van der Waals surface area contributed by atoms with Gasteiger partial charge >= 0.3 is 0 Å². The molecule has 0 spiro atoms. The van der Waals surface area contributed by atoms with Crippen molar-refractivity contribution in [1.29, 1.82) is 0 Å². The van der Waals surface area contributed by atoms with Crippen molar-refractivity contribution < 1.29 is 4.74 Å². The first-order valence-electron chi connectivity index (χ1n) is 5.36. The van der Waals surface area contributed by atoms with Crippen LogP contribution in [0.1, 0.15) is 25.7 Å². The number of ether oxygens (including phenoxy) is 1. The van der Waals surface area contributed by atoms with Crippen LogP contribution in [-0.2, 0) is 0 Å². The zero-order valence-electron chi connectivity index (χ0n) is 8.61. The SMILES string of the molecule is Clc1nc(OC2CCCC2)c2[nH]cnc2n1. The van der Waals surface area contributed by atoms with E-state index in [1.165, 1.54) is 12.8 Å². The lowest BCUT2D eigenvalue weighted by Crippen LogP contribution is -2.12. The maximum absolute atomic E-state index is 5.82. The van der Waals surface area contributed by atoms with Crippen molar-refractivity contribution in [2.24, 2.45) is 0 Å². The molecular weight excluding hydrogens is 228 g/mol. The second-order valence-electron chi connectivity index (χ2n) is 3.92. The van der Waals surface area contributed by atoms with Crippen molar-refractivity contribution >= 4 is 22.8 Å². The van der Waals surface area contributed by atoms with Crippen molar-refractivity contribution in [3.8, 4) is 5.88 Å². The number of aromatic amines is 1. The lowest BCUT2D eigenvalue weighted by molar-refractivity contribution is 0.204. The van der Waals surface area contributed by atoms with E-state index < -0.39 is 0 Å². The minimum atomic E-state index is 0.174. The molecule has 1 N–H and O–H groups in total. The van der Waals surface area contributed by atoms with Gasteiger partial charge in [0.1, 0.15) is 11.6 Å². The molecule has 0 amide bonds. The summed E-state index contributed by atoms with van der Waals surface area (Å²) < 4.78 is 5.82. The summed E-state index contributed by atoms with van der Waals surface area (Å²) >= 11 is 5.81. The molecule has 6 heteroatoms. The molecule has 1 aliphatic rings. The van der Waals surface area contributed by atoms with Crippen molar-refractivity contribution in [3.63, 3.8) is 0 Å². The minimum Gasteiger partial charge on any atom is -0.473 e. The van der Waals surface area contributed by atoms with Gasteiger partial charge in [0, 0.05) is 0 Å². The lowest BCUT2D eigenvalue weighted by atomic mass is 10.3. The maximum atomic E-state index is 5.82. The van der Waals surface area contributed by atoms with Gasteiger partial charge in [-0.2, -0.15) is 9.97 Å². The molecule has 0 aromatic carbocycles. The fourth-order valence-corrected chi connectivity index (χ4v) is 2.19. The highest BCUT2D eigenvalue weighted by Crippen LogP contribution is 2.27. The van der Waals surface area contributed by atoms with Crippen LogP contribution in [0.15, 0.2) is 6.33 Å². The molecule has 2 aromatic rings. The summed E-state index contributed by atoms with van der Waals surface area (Å²) in [6.07, 6.45) is 6.41. The molecule has 0 aliphatic heterocycles. The third-order valence-corrected chi connectivity index (χ3v) is 2.97. The molecule has 1 fully saturated rings. The lowest BCUT2D eigenvalue weighted by Gasteiger charge is -2.12. The first-order chi connectivity index (χ1) is 7.83. The molecule has 2 aromatic heterocycles. The highest BCUT2D eigenvalue weighted by atomic mass is 35.5. The number of fused-ring (bicyclic) bond motifs is 1.